The number of hydrogen-bond donors (Lipinski definition) is 3. The lowest BCUT2D eigenvalue weighted by atomic mass is 10.0. The van der Waals surface area contributed by atoms with Gasteiger partial charge in [0.2, 0.25) is 0 Å². The Bertz CT molecular complexity index is 2980. The van der Waals surface area contributed by atoms with Crippen molar-refractivity contribution in [2.75, 3.05) is 20.3 Å². The molecule has 4 aromatic carbocycles. The van der Waals surface area contributed by atoms with Crippen molar-refractivity contribution in [2.45, 2.75) is 6.42 Å². The molecule has 7 aromatic rings. The van der Waals surface area contributed by atoms with Crippen LogP contribution in [-0.4, -0.2) is 40.2 Å². The Labute approximate surface area is 341 Å². The van der Waals surface area contributed by atoms with E-state index in [0.29, 0.717) is 24.4 Å². The first-order valence-corrected chi connectivity index (χ1v) is 19.3. The number of methoxy groups -OCH3 is 1. The summed E-state index contributed by atoms with van der Waals surface area (Å²) in [5, 5.41) is 9.63. The van der Waals surface area contributed by atoms with E-state index in [0.717, 1.165) is 107 Å². The van der Waals surface area contributed by atoms with Crippen LogP contribution in [0.4, 0.5) is 5.69 Å². The highest BCUT2D eigenvalue weighted by Gasteiger charge is 2.19. The SMILES string of the molecule is [C-]#[N+]c1ccc(-c2c3nc(c(-c4ccc(OC)cc4)c4ccc([nH]4)c(-c4ccc(C#N)cc4)c4nc(c(-c5ccc(OCCCN)cc5)c5ccc2[nH]5)C=C4)C=C3)cc1. The molecule has 0 spiro atoms. The first kappa shape index (κ1) is 36.6. The van der Waals surface area contributed by atoms with Crippen LogP contribution in [0.25, 0.3) is 95.7 Å². The fraction of sp³-hybridized carbons (Fsp3) is 0.0800. The topological polar surface area (TPSA) is 130 Å². The number of nitrogens with one attached hydrogen (secondary N) is 2. The highest BCUT2D eigenvalue weighted by Crippen LogP contribution is 2.39. The average molecular weight is 768 g/mol. The summed E-state index contributed by atoms with van der Waals surface area (Å²) in [6, 6.07) is 41.8. The van der Waals surface area contributed by atoms with Gasteiger partial charge in [-0.25, -0.2) is 14.8 Å². The lowest BCUT2D eigenvalue weighted by Gasteiger charge is -2.09. The molecule has 2 aliphatic rings. The first-order valence-electron chi connectivity index (χ1n) is 19.3. The maximum atomic E-state index is 9.63. The Kier molecular flexibility index (Phi) is 9.86. The van der Waals surface area contributed by atoms with Gasteiger partial charge in [0.05, 0.1) is 54.7 Å². The fourth-order valence-corrected chi connectivity index (χ4v) is 7.58. The van der Waals surface area contributed by atoms with Gasteiger partial charge in [0.15, 0.2) is 5.69 Å². The molecule has 0 aliphatic carbocycles. The van der Waals surface area contributed by atoms with Crippen molar-refractivity contribution >= 4 is 52.1 Å². The number of H-pyrrole nitrogens is 2. The van der Waals surface area contributed by atoms with Gasteiger partial charge >= 0.3 is 0 Å². The third kappa shape index (κ3) is 7.15. The number of aromatic nitrogens is 4. The average Bonchev–Trinajstić information content (AvgIpc) is 4.13. The van der Waals surface area contributed by atoms with E-state index in [1.165, 1.54) is 0 Å². The van der Waals surface area contributed by atoms with Gasteiger partial charge < -0.3 is 25.2 Å². The first-order chi connectivity index (χ1) is 29.0. The predicted octanol–water partition coefficient (Wildman–Crippen LogP) is 11.5. The van der Waals surface area contributed by atoms with Crippen LogP contribution in [0.2, 0.25) is 0 Å². The highest BCUT2D eigenvalue weighted by molar-refractivity contribution is 6.00. The van der Waals surface area contributed by atoms with Gasteiger partial charge in [0.1, 0.15) is 11.5 Å². The molecule has 0 radical (unpaired) electrons. The van der Waals surface area contributed by atoms with Crippen LogP contribution in [0.15, 0.2) is 121 Å². The van der Waals surface area contributed by atoms with E-state index in [1.807, 2.05) is 97.1 Å². The number of nitriles is 1. The van der Waals surface area contributed by atoms with Gasteiger partial charge in [-0.2, -0.15) is 5.26 Å². The van der Waals surface area contributed by atoms with Crippen LogP contribution in [0.1, 0.15) is 34.8 Å². The number of nitrogens with zero attached hydrogens (tertiary/aromatic N) is 4. The highest BCUT2D eigenvalue weighted by atomic mass is 16.5. The van der Waals surface area contributed by atoms with Crippen LogP contribution >= 0.6 is 0 Å². The minimum atomic E-state index is 0.543. The zero-order chi connectivity index (χ0) is 40.3. The predicted molar refractivity (Wildman–Crippen MR) is 237 cm³/mol. The Morgan fingerprint density at radius 2 is 0.966 bits per heavy atom. The molecule has 5 heterocycles. The second-order valence-corrected chi connectivity index (χ2v) is 14.1. The van der Waals surface area contributed by atoms with Crippen LogP contribution < -0.4 is 15.2 Å². The summed E-state index contributed by atoms with van der Waals surface area (Å²) in [6.45, 7) is 8.69. The zero-order valence-electron chi connectivity index (χ0n) is 32.2. The van der Waals surface area contributed by atoms with Crippen LogP contribution in [0.5, 0.6) is 11.5 Å². The summed E-state index contributed by atoms with van der Waals surface area (Å²) in [5.41, 5.74) is 20.7. The van der Waals surface area contributed by atoms with Crippen LogP contribution in [0, 0.1) is 17.9 Å². The monoisotopic (exact) mass is 767 g/mol. The molecule has 0 fully saturated rings. The Hall–Kier alpha value is -7.98. The van der Waals surface area contributed by atoms with Gasteiger partial charge in [-0.1, -0.05) is 60.7 Å². The second kappa shape index (κ2) is 15.9. The zero-order valence-corrected chi connectivity index (χ0v) is 32.2. The number of benzene rings is 4. The summed E-state index contributed by atoms with van der Waals surface area (Å²) in [7, 11) is 1.66. The fourth-order valence-electron chi connectivity index (χ4n) is 7.58. The lowest BCUT2D eigenvalue weighted by Crippen LogP contribution is -2.05. The molecule has 4 N–H and O–H groups in total. The van der Waals surface area contributed by atoms with Crippen molar-refractivity contribution in [3.05, 3.63) is 161 Å². The standard InChI is InChI=1S/C50H37N7O2/c1-53-36-14-8-33(9-15-36)48-41-22-26-44(56-41)49(34-10-16-37(58-2)17-11-34)43-24-20-39(54-43)47(32-6-4-31(30-52)5-7-32)40-21-25-45(55-40)50(46-27-23-42(48)57-46)35-12-18-38(19-13-35)59-29-3-28-51/h4-27,54,57H,3,28-29,51H2,2H3. The smallest absolute Gasteiger partial charge is 0.187 e. The van der Waals surface area contributed by atoms with Crippen molar-refractivity contribution in [1.29, 1.82) is 5.26 Å². The molecule has 284 valence electrons. The summed E-state index contributed by atoms with van der Waals surface area (Å²) >= 11 is 0. The number of ether oxygens (including phenoxy) is 2. The maximum absolute atomic E-state index is 9.63. The molecule has 9 rings (SSSR count). The molecule has 0 unspecified atom stereocenters. The largest absolute Gasteiger partial charge is 0.497 e. The summed E-state index contributed by atoms with van der Waals surface area (Å²) in [5.74, 6) is 1.52. The van der Waals surface area contributed by atoms with Gasteiger partial charge in [-0.05, 0) is 120 Å². The number of nitrogens with two attached hydrogens (primary N) is 1. The molecule has 8 bridgehead atoms. The quantitative estimate of drug-likeness (QED) is 0.0990. The molecule has 59 heavy (non-hydrogen) atoms. The number of fused-ring (bicyclic) bond motifs is 8. The van der Waals surface area contributed by atoms with Gasteiger partial charge in [-0.15, -0.1) is 0 Å². The number of hydrogen-bond acceptors (Lipinski definition) is 6. The third-order valence-electron chi connectivity index (χ3n) is 10.5. The van der Waals surface area contributed by atoms with E-state index in [4.69, 9.17) is 31.7 Å². The summed E-state index contributed by atoms with van der Waals surface area (Å²) in [6.07, 6.45) is 8.97. The normalized spacial score (nSPS) is 11.6. The Morgan fingerprint density at radius 3 is 1.34 bits per heavy atom. The van der Waals surface area contributed by atoms with Gasteiger partial charge in [0.25, 0.3) is 0 Å². The van der Waals surface area contributed by atoms with E-state index < -0.39 is 0 Å². The molecule has 0 saturated carbocycles. The Balaban J connectivity index is 1.40. The van der Waals surface area contributed by atoms with E-state index in [2.05, 4.69) is 69.4 Å². The van der Waals surface area contributed by atoms with E-state index in [9.17, 15) is 5.26 Å². The van der Waals surface area contributed by atoms with Crippen LogP contribution in [0.3, 0.4) is 0 Å². The van der Waals surface area contributed by atoms with E-state index in [-0.39, 0.29) is 0 Å². The molecule has 0 amide bonds. The van der Waals surface area contributed by atoms with Crippen molar-refractivity contribution < 1.29 is 9.47 Å². The number of rotatable bonds is 9. The molecular weight excluding hydrogens is 731 g/mol. The summed E-state index contributed by atoms with van der Waals surface area (Å²) < 4.78 is 11.5. The van der Waals surface area contributed by atoms with Crippen molar-refractivity contribution in [2.24, 2.45) is 5.73 Å². The maximum Gasteiger partial charge on any atom is 0.187 e. The Morgan fingerprint density at radius 1 is 0.576 bits per heavy atom. The molecule has 0 atom stereocenters. The minimum absolute atomic E-state index is 0.543. The molecule has 3 aromatic heterocycles. The molecule has 9 heteroatoms. The van der Waals surface area contributed by atoms with Crippen molar-refractivity contribution in [3.8, 4) is 62.1 Å². The molecule has 0 saturated heterocycles. The second-order valence-electron chi connectivity index (χ2n) is 14.1. The lowest BCUT2D eigenvalue weighted by molar-refractivity contribution is 0.313. The van der Waals surface area contributed by atoms with E-state index >= 15 is 0 Å². The molecule has 9 nitrogen and oxygen atoms in total. The third-order valence-corrected chi connectivity index (χ3v) is 10.5. The van der Waals surface area contributed by atoms with Crippen molar-refractivity contribution in [3.63, 3.8) is 0 Å². The summed E-state index contributed by atoms with van der Waals surface area (Å²) in [4.78, 5) is 21.9. The molecule has 2 aliphatic heterocycles. The van der Waals surface area contributed by atoms with Crippen molar-refractivity contribution in [1.82, 2.24) is 19.9 Å². The van der Waals surface area contributed by atoms with Crippen LogP contribution in [-0.2, 0) is 0 Å². The van der Waals surface area contributed by atoms with Gasteiger partial charge in [-0.3, -0.25) is 0 Å². The van der Waals surface area contributed by atoms with E-state index in [1.54, 1.807) is 7.11 Å². The molecular formula is C50H37N7O2. The number of aromatic amines is 2. The van der Waals surface area contributed by atoms with Gasteiger partial charge in [0, 0.05) is 44.3 Å². The minimum Gasteiger partial charge on any atom is -0.497 e.